The molecule has 0 bridgehead atoms. The lowest BCUT2D eigenvalue weighted by Crippen LogP contribution is -2.40. The van der Waals surface area contributed by atoms with Crippen molar-refractivity contribution in [2.75, 3.05) is 40.3 Å². The molecule has 0 atom stereocenters. The monoisotopic (exact) mass is 251 g/mol. The maximum atomic E-state index is 11.9. The maximum absolute atomic E-state index is 11.9. The largest absolute Gasteiger partial charge is 0.317 e. The van der Waals surface area contributed by atoms with E-state index in [4.69, 9.17) is 0 Å². The molecule has 0 fully saturated rings. The SMILES string of the molecule is CCCN(C)S(=O)(=O)N(C)CCCNCC. The Morgan fingerprint density at radius 3 is 2.12 bits per heavy atom. The molecule has 0 heterocycles. The van der Waals surface area contributed by atoms with E-state index in [-0.39, 0.29) is 0 Å². The first-order valence-corrected chi connectivity index (χ1v) is 7.24. The van der Waals surface area contributed by atoms with Crippen molar-refractivity contribution in [2.45, 2.75) is 26.7 Å². The van der Waals surface area contributed by atoms with Crippen LogP contribution < -0.4 is 5.32 Å². The van der Waals surface area contributed by atoms with Gasteiger partial charge >= 0.3 is 0 Å². The van der Waals surface area contributed by atoms with Crippen LogP contribution in [0.15, 0.2) is 0 Å². The average Bonchev–Trinajstić information content (AvgIpc) is 2.24. The van der Waals surface area contributed by atoms with Crippen LogP contribution in [0.5, 0.6) is 0 Å². The Morgan fingerprint density at radius 1 is 1.06 bits per heavy atom. The highest BCUT2D eigenvalue weighted by Gasteiger charge is 2.21. The van der Waals surface area contributed by atoms with Crippen LogP contribution in [0, 0.1) is 0 Å². The van der Waals surface area contributed by atoms with Gasteiger partial charge in [-0.15, -0.1) is 0 Å². The van der Waals surface area contributed by atoms with E-state index in [1.165, 1.54) is 8.61 Å². The summed E-state index contributed by atoms with van der Waals surface area (Å²) in [4.78, 5) is 0. The van der Waals surface area contributed by atoms with E-state index >= 15 is 0 Å². The van der Waals surface area contributed by atoms with Gasteiger partial charge in [0.2, 0.25) is 0 Å². The number of rotatable bonds is 9. The summed E-state index contributed by atoms with van der Waals surface area (Å²) in [5.41, 5.74) is 0. The molecule has 0 aromatic rings. The van der Waals surface area contributed by atoms with Gasteiger partial charge in [-0.25, -0.2) is 0 Å². The predicted molar refractivity (Wildman–Crippen MR) is 67.6 cm³/mol. The van der Waals surface area contributed by atoms with Gasteiger partial charge in [0.1, 0.15) is 0 Å². The molecule has 0 aliphatic carbocycles. The molecule has 1 N–H and O–H groups in total. The van der Waals surface area contributed by atoms with Crippen LogP contribution in [0.1, 0.15) is 26.7 Å². The quantitative estimate of drug-likeness (QED) is 0.607. The van der Waals surface area contributed by atoms with E-state index < -0.39 is 10.2 Å². The van der Waals surface area contributed by atoms with E-state index in [1.807, 2.05) is 13.8 Å². The normalized spacial score (nSPS) is 12.6. The lowest BCUT2D eigenvalue weighted by atomic mass is 10.4. The van der Waals surface area contributed by atoms with Gasteiger partial charge in [-0.2, -0.15) is 17.0 Å². The highest BCUT2D eigenvalue weighted by molar-refractivity contribution is 7.86. The molecule has 0 radical (unpaired) electrons. The standard InChI is InChI=1S/C10H25N3O2S/c1-5-9-12(3)16(14,15)13(4)10-7-8-11-6-2/h11H,5-10H2,1-4H3. The van der Waals surface area contributed by atoms with Crippen molar-refractivity contribution in [1.29, 1.82) is 0 Å². The number of hydrogen-bond donors (Lipinski definition) is 1. The minimum atomic E-state index is -3.25. The molecule has 0 saturated heterocycles. The molecule has 0 unspecified atom stereocenters. The third kappa shape index (κ3) is 5.25. The second-order valence-corrected chi connectivity index (χ2v) is 6.00. The Bertz CT molecular complexity index is 267. The summed E-state index contributed by atoms with van der Waals surface area (Å²) >= 11 is 0. The average molecular weight is 251 g/mol. The fourth-order valence-electron chi connectivity index (χ4n) is 1.39. The van der Waals surface area contributed by atoms with Crippen molar-refractivity contribution in [1.82, 2.24) is 13.9 Å². The van der Waals surface area contributed by atoms with Gasteiger partial charge in [0.25, 0.3) is 10.2 Å². The lowest BCUT2D eigenvalue weighted by Gasteiger charge is -2.23. The Morgan fingerprint density at radius 2 is 1.62 bits per heavy atom. The second kappa shape index (κ2) is 8.00. The number of nitrogens with one attached hydrogen (secondary N) is 1. The summed E-state index contributed by atoms with van der Waals surface area (Å²) in [7, 11) is 0.00758. The van der Waals surface area contributed by atoms with Crippen molar-refractivity contribution in [3.63, 3.8) is 0 Å². The summed E-state index contributed by atoms with van der Waals surface area (Å²) in [5, 5.41) is 3.17. The zero-order valence-electron chi connectivity index (χ0n) is 10.9. The first-order valence-electron chi connectivity index (χ1n) is 5.85. The topological polar surface area (TPSA) is 52.7 Å². The van der Waals surface area contributed by atoms with Crippen molar-refractivity contribution in [3.05, 3.63) is 0 Å². The van der Waals surface area contributed by atoms with Gasteiger partial charge in [-0.3, -0.25) is 0 Å². The van der Waals surface area contributed by atoms with Gasteiger partial charge < -0.3 is 5.32 Å². The molecule has 0 aromatic heterocycles. The van der Waals surface area contributed by atoms with Crippen LogP contribution in [-0.2, 0) is 10.2 Å². The number of hydrogen-bond acceptors (Lipinski definition) is 3. The summed E-state index contributed by atoms with van der Waals surface area (Å²) in [6, 6.07) is 0. The van der Waals surface area contributed by atoms with Gasteiger partial charge in [0, 0.05) is 27.2 Å². The molecule has 0 aromatic carbocycles. The molecule has 0 rings (SSSR count). The van der Waals surface area contributed by atoms with Crippen molar-refractivity contribution < 1.29 is 8.42 Å². The third-order valence-electron chi connectivity index (χ3n) is 2.40. The number of nitrogens with zero attached hydrogens (tertiary/aromatic N) is 2. The summed E-state index contributed by atoms with van der Waals surface area (Å²) in [5.74, 6) is 0. The molecule has 0 amide bonds. The molecule has 98 valence electrons. The Labute approximate surface area is 100.0 Å². The van der Waals surface area contributed by atoms with E-state index in [2.05, 4.69) is 5.32 Å². The van der Waals surface area contributed by atoms with E-state index in [0.29, 0.717) is 13.1 Å². The zero-order chi connectivity index (χ0) is 12.6. The highest BCUT2D eigenvalue weighted by Crippen LogP contribution is 2.04. The zero-order valence-corrected chi connectivity index (χ0v) is 11.7. The molecule has 0 saturated carbocycles. The Hall–Kier alpha value is -0.170. The van der Waals surface area contributed by atoms with Gasteiger partial charge in [-0.1, -0.05) is 13.8 Å². The molecule has 16 heavy (non-hydrogen) atoms. The Kier molecular flexibility index (Phi) is 7.91. The lowest BCUT2D eigenvalue weighted by molar-refractivity contribution is 0.387. The van der Waals surface area contributed by atoms with E-state index in [0.717, 1.165) is 25.9 Å². The molecule has 0 aliphatic heterocycles. The smallest absolute Gasteiger partial charge is 0.281 e. The first-order chi connectivity index (χ1) is 7.46. The van der Waals surface area contributed by atoms with E-state index in [9.17, 15) is 8.42 Å². The summed E-state index contributed by atoms with van der Waals surface area (Å²) in [6.07, 6.45) is 1.67. The van der Waals surface area contributed by atoms with Crippen LogP contribution in [0.3, 0.4) is 0 Å². The minimum Gasteiger partial charge on any atom is -0.317 e. The minimum absolute atomic E-state index is 0.559. The van der Waals surface area contributed by atoms with Crippen molar-refractivity contribution >= 4 is 10.2 Å². The molecule has 0 aliphatic rings. The van der Waals surface area contributed by atoms with E-state index in [1.54, 1.807) is 14.1 Å². The van der Waals surface area contributed by atoms with Gasteiger partial charge in [0.05, 0.1) is 0 Å². The maximum Gasteiger partial charge on any atom is 0.281 e. The summed E-state index contributed by atoms with van der Waals surface area (Å²) in [6.45, 7) is 6.91. The second-order valence-electron chi connectivity index (χ2n) is 3.86. The van der Waals surface area contributed by atoms with Crippen LogP contribution >= 0.6 is 0 Å². The van der Waals surface area contributed by atoms with Crippen LogP contribution in [0.4, 0.5) is 0 Å². The fraction of sp³-hybridized carbons (Fsp3) is 1.00. The molecule has 0 spiro atoms. The van der Waals surface area contributed by atoms with Gasteiger partial charge in [-0.05, 0) is 25.9 Å². The van der Waals surface area contributed by atoms with Crippen LogP contribution in [0.2, 0.25) is 0 Å². The van der Waals surface area contributed by atoms with Crippen LogP contribution in [-0.4, -0.2) is 57.3 Å². The van der Waals surface area contributed by atoms with Crippen molar-refractivity contribution in [3.8, 4) is 0 Å². The molecule has 5 nitrogen and oxygen atoms in total. The predicted octanol–water partition coefficient (Wildman–Crippen LogP) is 0.504. The Balaban J connectivity index is 4.09. The summed E-state index contributed by atoms with van der Waals surface area (Å²) < 4.78 is 26.7. The first kappa shape index (κ1) is 15.8. The molecular formula is C10H25N3O2S. The van der Waals surface area contributed by atoms with Crippen LogP contribution in [0.25, 0.3) is 0 Å². The molecular weight excluding hydrogens is 226 g/mol. The van der Waals surface area contributed by atoms with Gasteiger partial charge in [0.15, 0.2) is 0 Å². The molecule has 6 heteroatoms. The fourth-order valence-corrected chi connectivity index (χ4v) is 2.64. The third-order valence-corrected chi connectivity index (χ3v) is 4.34. The van der Waals surface area contributed by atoms with Crippen molar-refractivity contribution in [2.24, 2.45) is 0 Å². The highest BCUT2D eigenvalue weighted by atomic mass is 32.2.